The summed E-state index contributed by atoms with van der Waals surface area (Å²) >= 11 is 0. The van der Waals surface area contributed by atoms with Gasteiger partial charge in [0.1, 0.15) is 5.76 Å². The van der Waals surface area contributed by atoms with Gasteiger partial charge in [-0.15, -0.1) is 0 Å². The fourth-order valence-corrected chi connectivity index (χ4v) is 1.64. The zero-order valence-electron chi connectivity index (χ0n) is 10.2. The van der Waals surface area contributed by atoms with Crippen LogP contribution in [0.2, 0.25) is 0 Å². The Morgan fingerprint density at radius 1 is 1.21 bits per heavy atom. The van der Waals surface area contributed by atoms with Crippen molar-refractivity contribution in [2.45, 2.75) is 19.4 Å². The Labute approximate surface area is 109 Å². The molecule has 0 spiro atoms. The smallest absolute Gasteiger partial charge is 0.220 e. The number of halogens is 2. The third-order valence-corrected chi connectivity index (χ3v) is 2.66. The SMILES string of the molecule is O=C(CCc1ccc(F)c(F)c1)NCc1ccco1. The van der Waals surface area contributed by atoms with Gasteiger partial charge in [0.05, 0.1) is 12.8 Å². The number of hydrogen-bond donors (Lipinski definition) is 1. The summed E-state index contributed by atoms with van der Waals surface area (Å²) in [5, 5.41) is 2.68. The van der Waals surface area contributed by atoms with Crippen molar-refractivity contribution >= 4 is 5.91 Å². The Balaban J connectivity index is 1.78. The minimum Gasteiger partial charge on any atom is -0.467 e. The normalized spacial score (nSPS) is 10.4. The first kappa shape index (κ1) is 13.3. The number of carbonyl (C=O) groups is 1. The molecule has 3 nitrogen and oxygen atoms in total. The van der Waals surface area contributed by atoms with Crippen molar-refractivity contribution in [3.8, 4) is 0 Å². The van der Waals surface area contributed by atoms with Gasteiger partial charge >= 0.3 is 0 Å². The molecule has 0 bridgehead atoms. The third-order valence-electron chi connectivity index (χ3n) is 2.66. The molecule has 0 aliphatic heterocycles. The Bertz CT molecular complexity index is 553. The van der Waals surface area contributed by atoms with Crippen LogP contribution in [-0.2, 0) is 17.8 Å². The van der Waals surface area contributed by atoms with Crippen molar-refractivity contribution in [2.24, 2.45) is 0 Å². The molecule has 2 aromatic rings. The van der Waals surface area contributed by atoms with Crippen LogP contribution >= 0.6 is 0 Å². The average molecular weight is 265 g/mol. The maximum Gasteiger partial charge on any atom is 0.220 e. The maximum atomic E-state index is 12.9. The molecule has 5 heteroatoms. The summed E-state index contributed by atoms with van der Waals surface area (Å²) in [6.45, 7) is 0.323. The van der Waals surface area contributed by atoms with E-state index in [9.17, 15) is 13.6 Å². The van der Waals surface area contributed by atoms with Crippen molar-refractivity contribution in [3.05, 3.63) is 59.6 Å². The average Bonchev–Trinajstić information content (AvgIpc) is 2.91. The van der Waals surface area contributed by atoms with Gasteiger partial charge in [-0.25, -0.2) is 8.78 Å². The first-order chi connectivity index (χ1) is 9.15. The molecule has 1 aromatic carbocycles. The number of rotatable bonds is 5. The van der Waals surface area contributed by atoms with E-state index in [4.69, 9.17) is 4.42 Å². The lowest BCUT2D eigenvalue weighted by Gasteiger charge is -2.04. The van der Waals surface area contributed by atoms with E-state index in [0.717, 1.165) is 12.1 Å². The van der Waals surface area contributed by atoms with Gasteiger partial charge in [-0.3, -0.25) is 4.79 Å². The summed E-state index contributed by atoms with van der Waals surface area (Å²) in [7, 11) is 0. The Hall–Kier alpha value is -2.17. The summed E-state index contributed by atoms with van der Waals surface area (Å²) in [6.07, 6.45) is 2.11. The molecule has 100 valence electrons. The van der Waals surface area contributed by atoms with Gasteiger partial charge in [-0.1, -0.05) is 6.07 Å². The predicted molar refractivity (Wildman–Crippen MR) is 65.2 cm³/mol. The Kier molecular flexibility index (Phi) is 4.28. The van der Waals surface area contributed by atoms with E-state index in [1.54, 1.807) is 12.1 Å². The molecule has 1 heterocycles. The molecular formula is C14H13F2NO2. The van der Waals surface area contributed by atoms with Crippen molar-refractivity contribution in [1.29, 1.82) is 0 Å². The number of benzene rings is 1. The summed E-state index contributed by atoms with van der Waals surface area (Å²) in [5.74, 6) is -1.28. The highest BCUT2D eigenvalue weighted by Crippen LogP contribution is 2.10. The highest BCUT2D eigenvalue weighted by molar-refractivity contribution is 5.76. The summed E-state index contributed by atoms with van der Waals surface area (Å²) in [4.78, 5) is 11.5. The first-order valence-electron chi connectivity index (χ1n) is 5.88. The highest BCUT2D eigenvalue weighted by atomic mass is 19.2. The number of furan rings is 1. The summed E-state index contributed by atoms with van der Waals surface area (Å²) in [5.41, 5.74) is 0.590. The summed E-state index contributed by atoms with van der Waals surface area (Å²) in [6, 6.07) is 7.14. The van der Waals surface area contributed by atoms with Crippen molar-refractivity contribution in [1.82, 2.24) is 5.32 Å². The van der Waals surface area contributed by atoms with Gasteiger partial charge in [-0.2, -0.15) is 0 Å². The lowest BCUT2D eigenvalue weighted by Crippen LogP contribution is -2.22. The van der Waals surface area contributed by atoms with Gasteiger partial charge < -0.3 is 9.73 Å². The molecule has 1 aromatic heterocycles. The van der Waals surface area contributed by atoms with E-state index in [-0.39, 0.29) is 12.3 Å². The lowest BCUT2D eigenvalue weighted by molar-refractivity contribution is -0.121. The van der Waals surface area contributed by atoms with Crippen LogP contribution in [0.5, 0.6) is 0 Å². The van der Waals surface area contributed by atoms with Crippen LogP contribution < -0.4 is 5.32 Å². The number of carbonyl (C=O) groups excluding carboxylic acids is 1. The second kappa shape index (κ2) is 6.13. The second-order valence-corrected chi connectivity index (χ2v) is 4.10. The molecular weight excluding hydrogens is 252 g/mol. The standard InChI is InChI=1S/C14H13F2NO2/c15-12-5-3-10(8-13(12)16)4-6-14(18)17-9-11-2-1-7-19-11/h1-3,5,7-8H,4,6,9H2,(H,17,18). The first-order valence-corrected chi connectivity index (χ1v) is 5.88. The number of amides is 1. The van der Waals surface area contributed by atoms with E-state index < -0.39 is 11.6 Å². The number of aryl methyl sites for hydroxylation is 1. The zero-order valence-corrected chi connectivity index (χ0v) is 10.2. The van der Waals surface area contributed by atoms with Crippen LogP contribution in [0.15, 0.2) is 41.0 Å². The van der Waals surface area contributed by atoms with Gasteiger partial charge in [0.25, 0.3) is 0 Å². The highest BCUT2D eigenvalue weighted by Gasteiger charge is 2.06. The monoisotopic (exact) mass is 265 g/mol. The molecule has 0 atom stereocenters. The predicted octanol–water partition coefficient (Wildman–Crippen LogP) is 2.81. The van der Waals surface area contributed by atoms with Gasteiger partial charge in [0.15, 0.2) is 11.6 Å². The van der Waals surface area contributed by atoms with Crippen LogP contribution in [0.1, 0.15) is 17.7 Å². The molecule has 2 rings (SSSR count). The van der Waals surface area contributed by atoms with E-state index in [2.05, 4.69) is 5.32 Å². The molecule has 19 heavy (non-hydrogen) atoms. The maximum absolute atomic E-state index is 12.9. The van der Waals surface area contributed by atoms with Gasteiger partial charge in [0, 0.05) is 6.42 Å². The third kappa shape index (κ3) is 3.91. The van der Waals surface area contributed by atoms with Gasteiger partial charge in [-0.05, 0) is 36.2 Å². The Morgan fingerprint density at radius 2 is 2.05 bits per heavy atom. The number of nitrogens with one attached hydrogen (secondary N) is 1. The van der Waals surface area contributed by atoms with Crippen molar-refractivity contribution in [2.75, 3.05) is 0 Å². The molecule has 1 N–H and O–H groups in total. The molecule has 0 aliphatic carbocycles. The largest absolute Gasteiger partial charge is 0.467 e. The van der Waals surface area contributed by atoms with Gasteiger partial charge in [0.2, 0.25) is 5.91 Å². The van der Waals surface area contributed by atoms with Crippen LogP contribution in [-0.4, -0.2) is 5.91 Å². The molecule has 1 amide bonds. The summed E-state index contributed by atoms with van der Waals surface area (Å²) < 4.78 is 30.7. The van der Waals surface area contributed by atoms with E-state index in [1.807, 2.05) is 0 Å². The quantitative estimate of drug-likeness (QED) is 0.903. The van der Waals surface area contributed by atoms with Crippen LogP contribution in [0.25, 0.3) is 0 Å². The second-order valence-electron chi connectivity index (χ2n) is 4.10. The van der Waals surface area contributed by atoms with E-state index in [0.29, 0.717) is 24.3 Å². The topological polar surface area (TPSA) is 42.2 Å². The lowest BCUT2D eigenvalue weighted by atomic mass is 10.1. The minimum absolute atomic E-state index is 0.166. The fraction of sp³-hybridized carbons (Fsp3) is 0.214. The molecule has 0 aliphatic rings. The van der Waals surface area contributed by atoms with E-state index in [1.165, 1.54) is 12.3 Å². The molecule has 0 saturated carbocycles. The fourth-order valence-electron chi connectivity index (χ4n) is 1.64. The molecule has 0 saturated heterocycles. The molecule has 0 fully saturated rings. The number of hydrogen-bond acceptors (Lipinski definition) is 2. The molecule has 0 unspecified atom stereocenters. The minimum atomic E-state index is -0.895. The van der Waals surface area contributed by atoms with Crippen molar-refractivity contribution < 1.29 is 18.0 Å². The molecule has 0 radical (unpaired) electrons. The van der Waals surface area contributed by atoms with Crippen LogP contribution in [0.4, 0.5) is 8.78 Å². The zero-order chi connectivity index (χ0) is 13.7. The van der Waals surface area contributed by atoms with Crippen LogP contribution in [0, 0.1) is 11.6 Å². The van der Waals surface area contributed by atoms with Crippen molar-refractivity contribution in [3.63, 3.8) is 0 Å². The Morgan fingerprint density at radius 3 is 2.74 bits per heavy atom. The van der Waals surface area contributed by atoms with Crippen LogP contribution in [0.3, 0.4) is 0 Å². The van der Waals surface area contributed by atoms with E-state index >= 15 is 0 Å².